The van der Waals surface area contributed by atoms with Crippen molar-refractivity contribution in [3.8, 4) is 28.6 Å². The van der Waals surface area contributed by atoms with Gasteiger partial charge in [0.2, 0.25) is 0 Å². The molecule has 0 fully saturated rings. The lowest BCUT2D eigenvalue weighted by atomic mass is 9.98. The zero-order chi connectivity index (χ0) is 27.1. The highest BCUT2D eigenvalue weighted by Crippen LogP contribution is 2.37. The molecule has 2 aromatic carbocycles. The molecule has 3 aromatic heterocycles. The Labute approximate surface area is 212 Å². The van der Waals surface area contributed by atoms with Gasteiger partial charge in [0.1, 0.15) is 11.5 Å². The smallest absolute Gasteiger partial charge is 0.348 e. The fourth-order valence-electron chi connectivity index (χ4n) is 4.04. The number of aromatic nitrogens is 6. The van der Waals surface area contributed by atoms with Crippen LogP contribution in [-0.4, -0.2) is 45.7 Å². The van der Waals surface area contributed by atoms with Crippen molar-refractivity contribution in [1.82, 2.24) is 29.4 Å². The number of rotatable bonds is 5. The minimum atomic E-state index is -0.914. The normalized spacial score (nSPS) is 11.3. The number of nitrogens with one attached hydrogen (secondary N) is 4. The summed E-state index contributed by atoms with van der Waals surface area (Å²) in [5.74, 6) is -1.58. The lowest BCUT2D eigenvalue weighted by Crippen LogP contribution is -2.29. The van der Waals surface area contributed by atoms with Crippen molar-refractivity contribution in [3.63, 3.8) is 0 Å². The van der Waals surface area contributed by atoms with Gasteiger partial charge in [-0.3, -0.25) is 15.0 Å². The van der Waals surface area contributed by atoms with E-state index in [1.54, 1.807) is 36.5 Å². The summed E-state index contributed by atoms with van der Waals surface area (Å²) >= 11 is 0. The number of anilines is 1. The van der Waals surface area contributed by atoms with Gasteiger partial charge in [0, 0.05) is 17.6 Å². The first-order valence-electron chi connectivity index (χ1n) is 11.3. The average molecular weight is 520 g/mol. The third-order valence-corrected chi connectivity index (χ3v) is 5.84. The predicted molar refractivity (Wildman–Crippen MR) is 136 cm³/mol. The van der Waals surface area contributed by atoms with Crippen LogP contribution in [0, 0.1) is 5.82 Å². The topological polar surface area (TPSA) is 183 Å². The number of urea groups is 1. The maximum Gasteiger partial charge on any atom is 0.348 e. The molecule has 0 aliphatic heterocycles. The Balaban J connectivity index is 1.48. The molecule has 0 saturated carbocycles. The number of hydrogen-bond acceptors (Lipinski definition) is 7. The van der Waals surface area contributed by atoms with Gasteiger partial charge in [0.05, 0.1) is 23.0 Å². The SMILES string of the molecule is CC(C)c1cc(-c2n[nH]c(=O)n2-c2ccc3c(ccn3NC(=O)Nc3[nH]c(=O)ncc3F)c2)c(O)cc1O. The summed E-state index contributed by atoms with van der Waals surface area (Å²) in [7, 11) is 0. The molecule has 0 radical (unpaired) electrons. The zero-order valence-corrected chi connectivity index (χ0v) is 20.0. The second-order valence-electron chi connectivity index (χ2n) is 8.68. The number of aromatic hydroxyl groups is 2. The predicted octanol–water partition coefficient (Wildman–Crippen LogP) is 2.71. The van der Waals surface area contributed by atoms with Crippen LogP contribution in [-0.2, 0) is 0 Å². The second kappa shape index (κ2) is 9.24. The van der Waals surface area contributed by atoms with E-state index in [1.165, 1.54) is 15.3 Å². The third-order valence-electron chi connectivity index (χ3n) is 5.84. The van der Waals surface area contributed by atoms with Crippen molar-refractivity contribution < 1.29 is 19.4 Å². The molecule has 6 N–H and O–H groups in total. The number of benzene rings is 2. The average Bonchev–Trinajstić information content (AvgIpc) is 3.44. The quantitative estimate of drug-likeness (QED) is 0.206. The number of aromatic amines is 2. The van der Waals surface area contributed by atoms with Crippen molar-refractivity contribution in [1.29, 1.82) is 0 Å². The van der Waals surface area contributed by atoms with E-state index in [0.717, 1.165) is 0 Å². The Hall–Kier alpha value is -5.40. The van der Waals surface area contributed by atoms with Gasteiger partial charge in [-0.1, -0.05) is 13.8 Å². The lowest BCUT2D eigenvalue weighted by molar-refractivity contribution is 0.259. The number of carbonyl (C=O) groups excluding carboxylic acids is 1. The first-order valence-corrected chi connectivity index (χ1v) is 11.3. The Morgan fingerprint density at radius 1 is 1.11 bits per heavy atom. The highest BCUT2D eigenvalue weighted by Gasteiger charge is 2.20. The largest absolute Gasteiger partial charge is 0.508 e. The molecule has 0 bridgehead atoms. The van der Waals surface area contributed by atoms with Crippen molar-refractivity contribution in [2.75, 3.05) is 10.7 Å². The number of phenols is 2. The highest BCUT2D eigenvalue weighted by atomic mass is 19.1. The van der Waals surface area contributed by atoms with Gasteiger partial charge in [-0.15, -0.1) is 0 Å². The van der Waals surface area contributed by atoms with Crippen LogP contribution in [0.2, 0.25) is 0 Å². The Kier molecular flexibility index (Phi) is 5.91. The summed E-state index contributed by atoms with van der Waals surface area (Å²) in [5.41, 5.74) is 2.92. The minimum absolute atomic E-state index is 0.0513. The molecule has 5 rings (SSSR count). The number of carbonyl (C=O) groups is 1. The summed E-state index contributed by atoms with van der Waals surface area (Å²) < 4.78 is 16.4. The number of phenolic OH excluding ortho intramolecular Hbond substituents is 2. The van der Waals surface area contributed by atoms with Gasteiger partial charge in [-0.25, -0.2) is 33.9 Å². The molecule has 38 heavy (non-hydrogen) atoms. The van der Waals surface area contributed by atoms with E-state index in [-0.39, 0.29) is 28.8 Å². The number of nitrogens with zero attached hydrogens (tertiary/aromatic N) is 4. The molecule has 14 heteroatoms. The van der Waals surface area contributed by atoms with Crippen LogP contribution in [0.25, 0.3) is 28.0 Å². The van der Waals surface area contributed by atoms with Crippen molar-refractivity contribution in [3.05, 3.63) is 81.1 Å². The fourth-order valence-corrected chi connectivity index (χ4v) is 4.04. The van der Waals surface area contributed by atoms with E-state index in [2.05, 4.69) is 30.9 Å². The van der Waals surface area contributed by atoms with E-state index in [0.29, 0.717) is 28.4 Å². The van der Waals surface area contributed by atoms with E-state index >= 15 is 0 Å². The van der Waals surface area contributed by atoms with Crippen LogP contribution in [0.15, 0.2) is 58.4 Å². The highest BCUT2D eigenvalue weighted by molar-refractivity contribution is 5.96. The molecule has 2 amide bonds. The summed E-state index contributed by atoms with van der Waals surface area (Å²) in [6, 6.07) is 8.56. The zero-order valence-electron chi connectivity index (χ0n) is 20.0. The molecule has 3 heterocycles. The molecule has 194 valence electrons. The van der Waals surface area contributed by atoms with E-state index in [9.17, 15) is 29.0 Å². The minimum Gasteiger partial charge on any atom is -0.508 e. The molecular formula is C24H21FN8O5. The van der Waals surface area contributed by atoms with Crippen LogP contribution in [0.4, 0.5) is 15.0 Å². The molecule has 0 aliphatic rings. The van der Waals surface area contributed by atoms with Gasteiger partial charge >= 0.3 is 17.4 Å². The number of halogens is 1. The van der Waals surface area contributed by atoms with Gasteiger partial charge in [-0.2, -0.15) is 10.1 Å². The van der Waals surface area contributed by atoms with Crippen LogP contribution in [0.5, 0.6) is 11.5 Å². The van der Waals surface area contributed by atoms with Crippen LogP contribution >= 0.6 is 0 Å². The van der Waals surface area contributed by atoms with Gasteiger partial charge < -0.3 is 10.2 Å². The fraction of sp³-hybridized carbons (Fsp3) is 0.125. The van der Waals surface area contributed by atoms with Gasteiger partial charge in [0.25, 0.3) is 0 Å². The summed E-state index contributed by atoms with van der Waals surface area (Å²) in [6.07, 6.45) is 2.23. The van der Waals surface area contributed by atoms with Gasteiger partial charge in [-0.05, 0) is 41.8 Å². The molecule has 0 atom stereocenters. The number of H-pyrrole nitrogens is 2. The number of amides is 2. The lowest BCUT2D eigenvalue weighted by Gasteiger charge is -2.13. The van der Waals surface area contributed by atoms with Crippen molar-refractivity contribution in [2.24, 2.45) is 0 Å². The van der Waals surface area contributed by atoms with E-state index in [4.69, 9.17) is 0 Å². The molecule has 5 aromatic rings. The Morgan fingerprint density at radius 2 is 1.89 bits per heavy atom. The first kappa shape index (κ1) is 24.3. The summed E-state index contributed by atoms with van der Waals surface area (Å²) in [4.78, 5) is 41.7. The Bertz CT molecular complexity index is 1820. The van der Waals surface area contributed by atoms with Crippen LogP contribution in [0.1, 0.15) is 25.3 Å². The maximum atomic E-state index is 13.8. The maximum absolute atomic E-state index is 13.8. The molecule has 0 aliphatic carbocycles. The third kappa shape index (κ3) is 4.34. The van der Waals surface area contributed by atoms with Crippen LogP contribution in [0.3, 0.4) is 0 Å². The van der Waals surface area contributed by atoms with Gasteiger partial charge in [0.15, 0.2) is 17.5 Å². The van der Waals surface area contributed by atoms with Crippen LogP contribution < -0.4 is 22.1 Å². The number of hydrogen-bond donors (Lipinski definition) is 6. The second-order valence-corrected chi connectivity index (χ2v) is 8.68. The number of fused-ring (bicyclic) bond motifs is 1. The molecule has 0 unspecified atom stereocenters. The van der Waals surface area contributed by atoms with E-state index in [1.807, 2.05) is 13.8 Å². The first-order chi connectivity index (χ1) is 18.1. The standard InChI is InChI=1S/C24H21FN8O5/c1-11(2)14-8-15(19(35)9-18(14)34)21-29-30-24(38)33(21)13-3-4-17-12(7-13)5-6-32(17)31-23(37)28-20-16(25)10-26-22(36)27-20/h3-11,34-35H,1-2H3,(H,30,38)(H3,26,27,28,31,36,37). The summed E-state index contributed by atoms with van der Waals surface area (Å²) in [5, 5.41) is 30.0. The molecule has 0 spiro atoms. The molecule has 13 nitrogen and oxygen atoms in total. The Morgan fingerprint density at radius 3 is 2.66 bits per heavy atom. The molecular weight excluding hydrogens is 499 g/mol. The van der Waals surface area contributed by atoms with Crippen molar-refractivity contribution in [2.45, 2.75) is 19.8 Å². The van der Waals surface area contributed by atoms with E-state index < -0.39 is 29.0 Å². The summed E-state index contributed by atoms with van der Waals surface area (Å²) in [6.45, 7) is 3.76. The van der Waals surface area contributed by atoms with Crippen molar-refractivity contribution >= 4 is 22.8 Å². The monoisotopic (exact) mass is 520 g/mol. The molecule has 0 saturated heterocycles.